The number of carbonyl (C=O) groups excluding carboxylic acids is 1. The summed E-state index contributed by atoms with van der Waals surface area (Å²) in [6.07, 6.45) is 0.496. The fourth-order valence-corrected chi connectivity index (χ4v) is 1.76. The second-order valence-electron chi connectivity index (χ2n) is 6.51. The van der Waals surface area contributed by atoms with Crippen LogP contribution in [0.5, 0.6) is 0 Å². The molecule has 1 unspecified atom stereocenters. The lowest BCUT2D eigenvalue weighted by atomic mass is 9.80. The van der Waals surface area contributed by atoms with Gasteiger partial charge in [0.25, 0.3) is 0 Å². The van der Waals surface area contributed by atoms with E-state index in [1.165, 1.54) is 0 Å². The van der Waals surface area contributed by atoms with Gasteiger partial charge >= 0.3 is 0 Å². The van der Waals surface area contributed by atoms with Gasteiger partial charge in [-0.1, -0.05) is 45.6 Å². The number of rotatable bonds is 3. The number of amides is 1. The van der Waals surface area contributed by atoms with Gasteiger partial charge in [0.1, 0.15) is 6.61 Å². The Bertz CT molecular complexity index is 559. The van der Waals surface area contributed by atoms with Crippen molar-refractivity contribution in [1.82, 2.24) is 0 Å². The Hall–Kier alpha value is -1.79. The molecule has 1 rings (SSSR count). The van der Waals surface area contributed by atoms with E-state index in [1.54, 1.807) is 0 Å². The van der Waals surface area contributed by atoms with Crippen molar-refractivity contribution in [2.24, 2.45) is 11.3 Å². The van der Waals surface area contributed by atoms with Crippen molar-refractivity contribution in [2.75, 3.05) is 11.9 Å². The van der Waals surface area contributed by atoms with Crippen LogP contribution in [0.4, 0.5) is 5.69 Å². The zero-order chi connectivity index (χ0) is 16.0. The quantitative estimate of drug-likeness (QED) is 0.838. The number of benzene rings is 1. The summed E-state index contributed by atoms with van der Waals surface area (Å²) in [4.78, 5) is 12.2. The number of carbonyl (C=O) groups is 1. The summed E-state index contributed by atoms with van der Waals surface area (Å²) in [5.74, 6) is 5.78. The molecule has 2 N–H and O–H groups in total. The molecule has 1 atom stereocenters. The number of aryl methyl sites for hydroxylation is 1. The number of hydrogen-bond acceptors (Lipinski definition) is 2. The van der Waals surface area contributed by atoms with Gasteiger partial charge in [-0.05, 0) is 36.0 Å². The Labute approximate surface area is 127 Å². The molecule has 1 aromatic rings. The van der Waals surface area contributed by atoms with E-state index in [-0.39, 0.29) is 17.9 Å². The first-order valence-corrected chi connectivity index (χ1v) is 7.24. The topological polar surface area (TPSA) is 49.3 Å². The van der Waals surface area contributed by atoms with Crippen molar-refractivity contribution >= 4 is 11.6 Å². The fourth-order valence-electron chi connectivity index (χ4n) is 1.76. The normalized spacial score (nSPS) is 12.3. The molecule has 0 spiro atoms. The van der Waals surface area contributed by atoms with E-state index >= 15 is 0 Å². The minimum atomic E-state index is -0.168. The minimum absolute atomic E-state index is 0.0211. The van der Waals surface area contributed by atoms with Crippen LogP contribution >= 0.6 is 0 Å². The minimum Gasteiger partial charge on any atom is -0.384 e. The molecule has 0 aliphatic rings. The van der Waals surface area contributed by atoms with Gasteiger partial charge in [-0.2, -0.15) is 0 Å². The number of anilines is 1. The number of aliphatic hydroxyl groups is 1. The molecule has 1 aromatic carbocycles. The summed E-state index contributed by atoms with van der Waals surface area (Å²) in [5.41, 5.74) is 2.68. The predicted octanol–water partition coefficient (Wildman–Crippen LogP) is 3.35. The van der Waals surface area contributed by atoms with Gasteiger partial charge in [0, 0.05) is 17.7 Å². The maximum absolute atomic E-state index is 12.2. The Morgan fingerprint density at radius 3 is 2.62 bits per heavy atom. The van der Waals surface area contributed by atoms with E-state index < -0.39 is 0 Å². The molecule has 0 aliphatic heterocycles. The van der Waals surface area contributed by atoms with E-state index in [9.17, 15) is 4.79 Å². The molecular weight excluding hydrogens is 262 g/mol. The summed E-state index contributed by atoms with van der Waals surface area (Å²) in [5, 5.41) is 11.7. The predicted molar refractivity (Wildman–Crippen MR) is 87.0 cm³/mol. The molecule has 0 radical (unpaired) electrons. The first kappa shape index (κ1) is 17.3. The largest absolute Gasteiger partial charge is 0.384 e. The molecule has 0 bridgehead atoms. The summed E-state index contributed by atoms with van der Waals surface area (Å²) in [6, 6.07) is 5.65. The van der Waals surface area contributed by atoms with Gasteiger partial charge in [-0.15, -0.1) is 0 Å². The van der Waals surface area contributed by atoms with E-state index in [0.29, 0.717) is 12.3 Å². The number of aliphatic hydroxyl groups excluding tert-OH is 1. The van der Waals surface area contributed by atoms with Crippen LogP contribution in [0.2, 0.25) is 0 Å². The average molecular weight is 287 g/mol. The summed E-state index contributed by atoms with van der Waals surface area (Å²) in [7, 11) is 0. The molecule has 0 heterocycles. The highest BCUT2D eigenvalue weighted by Gasteiger charge is 2.22. The lowest BCUT2D eigenvalue weighted by molar-refractivity contribution is -0.117. The van der Waals surface area contributed by atoms with Crippen LogP contribution in [0.3, 0.4) is 0 Å². The third kappa shape index (κ3) is 5.61. The molecule has 3 heteroatoms. The van der Waals surface area contributed by atoms with Crippen LogP contribution in [0, 0.1) is 30.1 Å². The summed E-state index contributed by atoms with van der Waals surface area (Å²) >= 11 is 0. The maximum Gasteiger partial charge on any atom is 0.224 e. The van der Waals surface area contributed by atoms with Crippen molar-refractivity contribution in [1.29, 1.82) is 0 Å². The van der Waals surface area contributed by atoms with Crippen molar-refractivity contribution in [3.63, 3.8) is 0 Å². The Morgan fingerprint density at radius 2 is 2.05 bits per heavy atom. The molecule has 0 saturated carbocycles. The highest BCUT2D eigenvalue weighted by atomic mass is 16.2. The van der Waals surface area contributed by atoms with E-state index in [1.807, 2.05) is 25.1 Å². The molecule has 0 saturated heterocycles. The first-order valence-electron chi connectivity index (χ1n) is 7.24. The third-order valence-electron chi connectivity index (χ3n) is 3.79. The summed E-state index contributed by atoms with van der Waals surface area (Å²) in [6.45, 7) is 10.3. The van der Waals surface area contributed by atoms with Crippen LogP contribution in [0.25, 0.3) is 0 Å². The van der Waals surface area contributed by atoms with Crippen LogP contribution < -0.4 is 5.32 Å². The number of hydrogen-bond donors (Lipinski definition) is 2. The van der Waals surface area contributed by atoms with E-state index in [4.69, 9.17) is 5.11 Å². The van der Waals surface area contributed by atoms with Gasteiger partial charge < -0.3 is 10.4 Å². The molecule has 1 amide bonds. The monoisotopic (exact) mass is 287 g/mol. The average Bonchev–Trinajstić information content (AvgIpc) is 2.38. The van der Waals surface area contributed by atoms with Gasteiger partial charge in [0.2, 0.25) is 5.91 Å². The Morgan fingerprint density at radius 1 is 1.38 bits per heavy atom. The lowest BCUT2D eigenvalue weighted by Crippen LogP contribution is -2.24. The van der Waals surface area contributed by atoms with E-state index in [0.717, 1.165) is 16.8 Å². The molecule has 3 nitrogen and oxygen atoms in total. The zero-order valence-corrected chi connectivity index (χ0v) is 13.6. The van der Waals surface area contributed by atoms with Gasteiger partial charge in [0.15, 0.2) is 0 Å². The number of nitrogens with one attached hydrogen (secondary N) is 1. The van der Waals surface area contributed by atoms with Crippen LogP contribution in [0.1, 0.15) is 45.2 Å². The van der Waals surface area contributed by atoms with Crippen molar-refractivity contribution < 1.29 is 9.90 Å². The second-order valence-corrected chi connectivity index (χ2v) is 6.51. The molecule has 21 heavy (non-hydrogen) atoms. The van der Waals surface area contributed by atoms with Crippen molar-refractivity contribution in [3.05, 3.63) is 29.3 Å². The Balaban J connectivity index is 2.80. The third-order valence-corrected chi connectivity index (χ3v) is 3.79. The van der Waals surface area contributed by atoms with Gasteiger partial charge in [-0.3, -0.25) is 4.79 Å². The highest BCUT2D eigenvalue weighted by Crippen LogP contribution is 2.28. The molecular formula is C18H25NO2. The zero-order valence-electron chi connectivity index (χ0n) is 13.6. The smallest absolute Gasteiger partial charge is 0.224 e. The highest BCUT2D eigenvalue weighted by molar-refractivity contribution is 5.91. The maximum atomic E-state index is 12.2. The summed E-state index contributed by atoms with van der Waals surface area (Å²) < 4.78 is 0. The van der Waals surface area contributed by atoms with Gasteiger partial charge in [-0.25, -0.2) is 0 Å². The molecule has 0 aromatic heterocycles. The fraction of sp³-hybridized carbons (Fsp3) is 0.500. The lowest BCUT2D eigenvalue weighted by Gasteiger charge is -2.26. The standard InChI is InChI=1S/C18H25NO2/c1-13-8-9-15(7-6-10-20)12-16(13)19-17(21)11-14(2)18(3,4)5/h8-9,12,14,20H,10-11H2,1-5H3,(H,19,21). The van der Waals surface area contributed by atoms with Gasteiger partial charge in [0.05, 0.1) is 0 Å². The van der Waals surface area contributed by atoms with Crippen molar-refractivity contribution in [2.45, 2.75) is 41.0 Å². The molecule has 0 aliphatic carbocycles. The van der Waals surface area contributed by atoms with Crippen LogP contribution in [0.15, 0.2) is 18.2 Å². The molecule has 0 fully saturated rings. The first-order chi connectivity index (χ1) is 9.74. The second kappa shape index (κ2) is 7.28. The van der Waals surface area contributed by atoms with Crippen LogP contribution in [-0.4, -0.2) is 17.6 Å². The Kier molecular flexibility index (Phi) is 5.99. The molecule has 114 valence electrons. The van der Waals surface area contributed by atoms with Crippen molar-refractivity contribution in [3.8, 4) is 11.8 Å². The SMILES string of the molecule is Cc1ccc(C#CCO)cc1NC(=O)CC(C)C(C)(C)C. The van der Waals surface area contributed by atoms with Crippen LogP contribution in [-0.2, 0) is 4.79 Å². The van der Waals surface area contributed by atoms with E-state index in [2.05, 4.69) is 44.9 Å².